The van der Waals surface area contributed by atoms with Gasteiger partial charge in [0.2, 0.25) is 0 Å². The van der Waals surface area contributed by atoms with Crippen LogP contribution in [0.1, 0.15) is 10.5 Å². The SMILES string of the molecule is COC(=O)c1cc2c(Cl)cncc2[nH]1. The predicted octanol–water partition coefficient (Wildman–Crippen LogP) is 2.00. The monoisotopic (exact) mass is 210 g/mol. The molecule has 2 aromatic heterocycles. The number of methoxy groups -OCH3 is 1. The van der Waals surface area contributed by atoms with Gasteiger partial charge in [0.15, 0.2) is 0 Å². The molecule has 0 bridgehead atoms. The van der Waals surface area contributed by atoms with E-state index in [9.17, 15) is 4.79 Å². The van der Waals surface area contributed by atoms with Crippen molar-refractivity contribution in [1.82, 2.24) is 9.97 Å². The second kappa shape index (κ2) is 3.31. The summed E-state index contributed by atoms with van der Waals surface area (Å²) < 4.78 is 4.57. The number of carbonyl (C=O) groups is 1. The molecule has 0 saturated heterocycles. The van der Waals surface area contributed by atoms with Crippen molar-refractivity contribution in [2.45, 2.75) is 0 Å². The summed E-state index contributed by atoms with van der Waals surface area (Å²) in [6, 6.07) is 1.64. The van der Waals surface area contributed by atoms with Crippen molar-refractivity contribution in [3.63, 3.8) is 0 Å². The topological polar surface area (TPSA) is 55.0 Å². The molecule has 2 heterocycles. The number of H-pyrrole nitrogens is 1. The van der Waals surface area contributed by atoms with Crippen LogP contribution in [-0.2, 0) is 4.74 Å². The number of pyridine rings is 1. The summed E-state index contributed by atoms with van der Waals surface area (Å²) >= 11 is 5.88. The number of halogens is 1. The molecule has 2 rings (SSSR count). The fourth-order valence-corrected chi connectivity index (χ4v) is 1.45. The summed E-state index contributed by atoms with van der Waals surface area (Å²) in [7, 11) is 1.33. The molecule has 0 atom stereocenters. The van der Waals surface area contributed by atoms with E-state index in [-0.39, 0.29) is 0 Å². The molecule has 5 heteroatoms. The molecule has 1 N–H and O–H groups in total. The molecule has 14 heavy (non-hydrogen) atoms. The molecule has 0 amide bonds. The minimum absolute atomic E-state index is 0.373. The first-order valence-corrected chi connectivity index (χ1v) is 4.30. The average molecular weight is 211 g/mol. The number of ether oxygens (including phenoxy) is 1. The molecule has 0 spiro atoms. The third kappa shape index (κ3) is 1.33. The first kappa shape index (κ1) is 9.02. The first-order chi connectivity index (χ1) is 6.72. The summed E-state index contributed by atoms with van der Waals surface area (Å²) in [4.78, 5) is 17.9. The number of hydrogen-bond acceptors (Lipinski definition) is 3. The van der Waals surface area contributed by atoms with Crippen LogP contribution in [0.2, 0.25) is 5.02 Å². The van der Waals surface area contributed by atoms with Crippen LogP contribution in [0.3, 0.4) is 0 Å². The van der Waals surface area contributed by atoms with Crippen LogP contribution in [0.5, 0.6) is 0 Å². The van der Waals surface area contributed by atoms with Gasteiger partial charge in [0.05, 0.1) is 23.8 Å². The molecular weight excluding hydrogens is 204 g/mol. The maximum Gasteiger partial charge on any atom is 0.354 e. The van der Waals surface area contributed by atoms with Gasteiger partial charge in [-0.1, -0.05) is 11.6 Å². The molecule has 0 aromatic carbocycles. The maximum absolute atomic E-state index is 11.2. The van der Waals surface area contributed by atoms with E-state index in [4.69, 9.17) is 11.6 Å². The lowest BCUT2D eigenvalue weighted by Gasteiger charge is -1.91. The Hall–Kier alpha value is -1.55. The number of fused-ring (bicyclic) bond motifs is 1. The number of rotatable bonds is 1. The summed E-state index contributed by atoms with van der Waals surface area (Å²) in [6.07, 6.45) is 3.13. The van der Waals surface area contributed by atoms with Gasteiger partial charge in [0.25, 0.3) is 0 Å². The van der Waals surface area contributed by atoms with E-state index >= 15 is 0 Å². The van der Waals surface area contributed by atoms with E-state index in [1.807, 2.05) is 0 Å². The minimum Gasteiger partial charge on any atom is -0.464 e. The Labute approximate surface area is 84.9 Å². The van der Waals surface area contributed by atoms with Gasteiger partial charge < -0.3 is 9.72 Å². The van der Waals surface area contributed by atoms with Crippen LogP contribution in [0.25, 0.3) is 10.9 Å². The van der Waals surface area contributed by atoms with E-state index in [0.717, 1.165) is 10.9 Å². The lowest BCUT2D eigenvalue weighted by molar-refractivity contribution is 0.0595. The third-order valence-corrected chi connectivity index (χ3v) is 2.20. The van der Waals surface area contributed by atoms with Crippen LogP contribution in [0.15, 0.2) is 18.5 Å². The molecule has 0 saturated carbocycles. The number of aromatic nitrogens is 2. The van der Waals surface area contributed by atoms with Crippen molar-refractivity contribution in [3.8, 4) is 0 Å². The molecule has 0 fully saturated rings. The fraction of sp³-hybridized carbons (Fsp3) is 0.111. The van der Waals surface area contributed by atoms with Gasteiger partial charge in [0.1, 0.15) is 5.69 Å². The van der Waals surface area contributed by atoms with Gasteiger partial charge in [-0.3, -0.25) is 4.98 Å². The zero-order valence-corrected chi connectivity index (χ0v) is 8.13. The average Bonchev–Trinajstić information content (AvgIpc) is 2.62. The second-order valence-corrected chi connectivity index (χ2v) is 3.16. The third-order valence-electron chi connectivity index (χ3n) is 1.90. The van der Waals surface area contributed by atoms with Crippen LogP contribution >= 0.6 is 11.6 Å². The largest absolute Gasteiger partial charge is 0.464 e. The fourth-order valence-electron chi connectivity index (χ4n) is 1.24. The van der Waals surface area contributed by atoms with Gasteiger partial charge in [-0.25, -0.2) is 4.79 Å². The van der Waals surface area contributed by atoms with Crippen molar-refractivity contribution in [2.75, 3.05) is 7.11 Å². The Morgan fingerprint density at radius 2 is 2.36 bits per heavy atom. The highest BCUT2D eigenvalue weighted by Gasteiger charge is 2.10. The molecular formula is C9H7ClN2O2. The van der Waals surface area contributed by atoms with Crippen molar-refractivity contribution >= 4 is 28.5 Å². The van der Waals surface area contributed by atoms with Gasteiger partial charge in [-0.15, -0.1) is 0 Å². The standard InChI is InChI=1S/C9H7ClN2O2/c1-14-9(13)7-2-5-6(10)3-11-4-8(5)12-7/h2-4,12H,1H3. The zero-order chi connectivity index (χ0) is 10.1. The number of hydrogen-bond donors (Lipinski definition) is 1. The highest BCUT2D eigenvalue weighted by atomic mass is 35.5. The van der Waals surface area contributed by atoms with E-state index in [0.29, 0.717) is 10.7 Å². The van der Waals surface area contributed by atoms with Crippen LogP contribution in [-0.4, -0.2) is 23.0 Å². The molecule has 0 aliphatic rings. The highest BCUT2D eigenvalue weighted by Crippen LogP contribution is 2.22. The van der Waals surface area contributed by atoms with E-state index in [2.05, 4.69) is 14.7 Å². The van der Waals surface area contributed by atoms with Crippen molar-refractivity contribution < 1.29 is 9.53 Å². The van der Waals surface area contributed by atoms with Crippen LogP contribution in [0, 0.1) is 0 Å². The van der Waals surface area contributed by atoms with Gasteiger partial charge in [-0.05, 0) is 6.07 Å². The van der Waals surface area contributed by atoms with E-state index in [1.165, 1.54) is 13.3 Å². The van der Waals surface area contributed by atoms with Crippen LogP contribution < -0.4 is 0 Å². The molecule has 0 aliphatic heterocycles. The van der Waals surface area contributed by atoms with Crippen molar-refractivity contribution in [2.24, 2.45) is 0 Å². The normalized spacial score (nSPS) is 10.4. The summed E-state index contributed by atoms with van der Waals surface area (Å²) in [5.41, 5.74) is 1.09. The van der Waals surface area contributed by atoms with E-state index in [1.54, 1.807) is 12.3 Å². The summed E-state index contributed by atoms with van der Waals surface area (Å²) in [6.45, 7) is 0. The van der Waals surface area contributed by atoms with Gasteiger partial charge in [-0.2, -0.15) is 0 Å². The highest BCUT2D eigenvalue weighted by molar-refractivity contribution is 6.35. The van der Waals surface area contributed by atoms with E-state index < -0.39 is 5.97 Å². The Morgan fingerprint density at radius 3 is 3.00 bits per heavy atom. The van der Waals surface area contributed by atoms with Crippen molar-refractivity contribution in [3.05, 3.63) is 29.2 Å². The molecule has 0 aliphatic carbocycles. The summed E-state index contributed by atoms with van der Waals surface area (Å²) in [5, 5.41) is 1.27. The number of nitrogens with zero attached hydrogens (tertiary/aromatic N) is 1. The number of aromatic amines is 1. The predicted molar refractivity (Wildman–Crippen MR) is 52.4 cm³/mol. The quantitative estimate of drug-likeness (QED) is 0.733. The molecule has 2 aromatic rings. The minimum atomic E-state index is -0.419. The zero-order valence-electron chi connectivity index (χ0n) is 7.37. The lowest BCUT2D eigenvalue weighted by Crippen LogP contribution is -2.00. The van der Waals surface area contributed by atoms with Gasteiger partial charge >= 0.3 is 5.97 Å². The first-order valence-electron chi connectivity index (χ1n) is 3.93. The number of nitrogens with one attached hydrogen (secondary N) is 1. The molecule has 4 nitrogen and oxygen atoms in total. The van der Waals surface area contributed by atoms with Gasteiger partial charge in [0, 0.05) is 11.6 Å². The second-order valence-electron chi connectivity index (χ2n) is 2.76. The Morgan fingerprint density at radius 1 is 1.57 bits per heavy atom. The Kier molecular flexibility index (Phi) is 2.13. The molecule has 0 unspecified atom stereocenters. The summed E-state index contributed by atoms with van der Waals surface area (Å²) in [5.74, 6) is -0.419. The lowest BCUT2D eigenvalue weighted by atomic mass is 10.3. The number of carbonyl (C=O) groups excluding carboxylic acids is 1. The molecule has 0 radical (unpaired) electrons. The smallest absolute Gasteiger partial charge is 0.354 e. The van der Waals surface area contributed by atoms with Crippen LogP contribution in [0.4, 0.5) is 0 Å². The maximum atomic E-state index is 11.2. The Bertz CT molecular complexity index is 493. The number of esters is 1. The molecule has 72 valence electrons. The van der Waals surface area contributed by atoms with Crippen molar-refractivity contribution in [1.29, 1.82) is 0 Å². The Balaban J connectivity index is 2.62.